The summed E-state index contributed by atoms with van der Waals surface area (Å²) >= 11 is 0. The van der Waals surface area contributed by atoms with Crippen LogP contribution in [0, 0.1) is 6.92 Å². The minimum Gasteiger partial charge on any atom is -0.508 e. The number of phenols is 1. The highest BCUT2D eigenvalue weighted by atomic mass is 16.3. The summed E-state index contributed by atoms with van der Waals surface area (Å²) in [5, 5.41) is 22.0. The third kappa shape index (κ3) is 3.81. The van der Waals surface area contributed by atoms with E-state index in [0.717, 1.165) is 28.8 Å². The molecular formula is C16H19NO2. The van der Waals surface area contributed by atoms with Crippen molar-refractivity contribution in [2.45, 2.75) is 26.6 Å². The molecule has 0 saturated heterocycles. The molecule has 0 fully saturated rings. The molecule has 0 bridgehead atoms. The standard InChI is InChI=1S/C16H19NO2/c1-12-2-7-16(19)15(8-12)10-17-9-13-3-5-14(11-18)6-4-13/h2-8,17-19H,9-11H2,1H3. The number of aliphatic hydroxyl groups is 1. The van der Waals surface area contributed by atoms with Gasteiger partial charge < -0.3 is 15.5 Å². The van der Waals surface area contributed by atoms with Crippen molar-refractivity contribution in [2.24, 2.45) is 0 Å². The van der Waals surface area contributed by atoms with Crippen molar-refractivity contribution in [2.75, 3.05) is 0 Å². The molecule has 0 saturated carbocycles. The van der Waals surface area contributed by atoms with Crippen molar-refractivity contribution >= 4 is 0 Å². The number of hydrogen-bond donors (Lipinski definition) is 3. The number of rotatable bonds is 5. The van der Waals surface area contributed by atoms with Gasteiger partial charge in [0.25, 0.3) is 0 Å². The largest absolute Gasteiger partial charge is 0.508 e. The Bertz CT molecular complexity index is 535. The minimum atomic E-state index is 0.0743. The van der Waals surface area contributed by atoms with Crippen LogP contribution >= 0.6 is 0 Å². The number of aryl methyl sites for hydroxylation is 1. The van der Waals surface area contributed by atoms with E-state index in [0.29, 0.717) is 12.3 Å². The quantitative estimate of drug-likeness (QED) is 0.771. The summed E-state index contributed by atoms with van der Waals surface area (Å²) in [6.07, 6.45) is 0. The second-order valence-corrected chi connectivity index (χ2v) is 4.71. The smallest absolute Gasteiger partial charge is 0.120 e. The van der Waals surface area contributed by atoms with Crippen molar-refractivity contribution in [3.63, 3.8) is 0 Å². The minimum absolute atomic E-state index is 0.0743. The van der Waals surface area contributed by atoms with Crippen molar-refractivity contribution in [3.8, 4) is 5.75 Å². The van der Waals surface area contributed by atoms with Gasteiger partial charge in [0.2, 0.25) is 0 Å². The van der Waals surface area contributed by atoms with Crippen LogP contribution < -0.4 is 5.32 Å². The molecule has 2 aromatic rings. The van der Waals surface area contributed by atoms with E-state index in [1.807, 2.05) is 43.3 Å². The average molecular weight is 257 g/mol. The van der Waals surface area contributed by atoms with Crippen LogP contribution in [0.25, 0.3) is 0 Å². The maximum Gasteiger partial charge on any atom is 0.120 e. The molecule has 0 aromatic heterocycles. The van der Waals surface area contributed by atoms with E-state index in [-0.39, 0.29) is 6.61 Å². The lowest BCUT2D eigenvalue weighted by Gasteiger charge is -2.08. The van der Waals surface area contributed by atoms with Crippen LogP contribution in [0.15, 0.2) is 42.5 Å². The van der Waals surface area contributed by atoms with Crippen LogP contribution in [0.4, 0.5) is 0 Å². The third-order valence-corrected chi connectivity index (χ3v) is 3.09. The van der Waals surface area contributed by atoms with Gasteiger partial charge in [-0.15, -0.1) is 0 Å². The predicted molar refractivity (Wildman–Crippen MR) is 75.8 cm³/mol. The first-order valence-corrected chi connectivity index (χ1v) is 6.37. The molecule has 0 aliphatic rings. The first-order chi connectivity index (χ1) is 9.19. The molecule has 0 atom stereocenters. The van der Waals surface area contributed by atoms with Gasteiger partial charge in [0.15, 0.2) is 0 Å². The molecule has 2 aromatic carbocycles. The molecule has 0 spiro atoms. The van der Waals surface area contributed by atoms with Gasteiger partial charge >= 0.3 is 0 Å². The van der Waals surface area contributed by atoms with Gasteiger partial charge in [0.1, 0.15) is 5.75 Å². The monoisotopic (exact) mass is 257 g/mol. The Labute approximate surface area is 113 Å². The Morgan fingerprint density at radius 3 is 2.32 bits per heavy atom. The van der Waals surface area contributed by atoms with Crippen LogP contribution in [0.2, 0.25) is 0 Å². The van der Waals surface area contributed by atoms with Crippen LogP contribution in [0.3, 0.4) is 0 Å². The Balaban J connectivity index is 1.90. The molecule has 0 amide bonds. The summed E-state index contributed by atoms with van der Waals surface area (Å²) in [7, 11) is 0. The summed E-state index contributed by atoms with van der Waals surface area (Å²) in [5.41, 5.74) is 4.12. The Morgan fingerprint density at radius 2 is 1.63 bits per heavy atom. The van der Waals surface area contributed by atoms with E-state index in [4.69, 9.17) is 5.11 Å². The lowest BCUT2D eigenvalue weighted by Crippen LogP contribution is -2.12. The fourth-order valence-electron chi connectivity index (χ4n) is 1.96. The number of aromatic hydroxyl groups is 1. The number of nitrogens with one attached hydrogen (secondary N) is 1. The summed E-state index contributed by atoms with van der Waals surface area (Å²) in [6, 6.07) is 13.4. The molecule has 0 heterocycles. The van der Waals surface area contributed by atoms with Crippen molar-refractivity contribution in [1.29, 1.82) is 0 Å². The summed E-state index contributed by atoms with van der Waals surface area (Å²) < 4.78 is 0. The topological polar surface area (TPSA) is 52.5 Å². The molecule has 19 heavy (non-hydrogen) atoms. The highest BCUT2D eigenvalue weighted by Crippen LogP contribution is 2.17. The van der Waals surface area contributed by atoms with Crippen LogP contribution in [-0.4, -0.2) is 10.2 Å². The molecule has 0 aliphatic carbocycles. The molecule has 0 unspecified atom stereocenters. The van der Waals surface area contributed by atoms with Gasteiger partial charge in [-0.3, -0.25) is 0 Å². The normalized spacial score (nSPS) is 10.6. The molecule has 100 valence electrons. The third-order valence-electron chi connectivity index (χ3n) is 3.09. The van der Waals surface area contributed by atoms with Gasteiger partial charge in [-0.1, -0.05) is 42.0 Å². The van der Waals surface area contributed by atoms with Crippen molar-refractivity contribution < 1.29 is 10.2 Å². The first-order valence-electron chi connectivity index (χ1n) is 6.37. The highest BCUT2D eigenvalue weighted by molar-refractivity contribution is 5.35. The van der Waals surface area contributed by atoms with E-state index in [1.54, 1.807) is 6.07 Å². The molecule has 3 N–H and O–H groups in total. The Morgan fingerprint density at radius 1 is 0.947 bits per heavy atom. The zero-order chi connectivity index (χ0) is 13.7. The fourth-order valence-corrected chi connectivity index (χ4v) is 1.96. The van der Waals surface area contributed by atoms with Crippen LogP contribution in [0.1, 0.15) is 22.3 Å². The van der Waals surface area contributed by atoms with Crippen LogP contribution in [-0.2, 0) is 19.7 Å². The van der Waals surface area contributed by atoms with Gasteiger partial charge in [0.05, 0.1) is 6.61 Å². The lowest BCUT2D eigenvalue weighted by molar-refractivity contribution is 0.282. The summed E-state index contributed by atoms with van der Waals surface area (Å²) in [4.78, 5) is 0. The predicted octanol–water partition coefficient (Wildman–Crippen LogP) is 2.48. The van der Waals surface area contributed by atoms with Gasteiger partial charge in [-0.05, 0) is 24.1 Å². The fraction of sp³-hybridized carbons (Fsp3) is 0.250. The summed E-state index contributed by atoms with van der Waals surface area (Å²) in [6.45, 7) is 3.45. The van der Waals surface area contributed by atoms with Crippen molar-refractivity contribution in [3.05, 3.63) is 64.7 Å². The number of aliphatic hydroxyl groups excluding tert-OH is 1. The lowest BCUT2D eigenvalue weighted by atomic mass is 10.1. The maximum absolute atomic E-state index is 9.73. The van der Waals surface area contributed by atoms with Crippen LogP contribution in [0.5, 0.6) is 5.75 Å². The molecule has 0 radical (unpaired) electrons. The highest BCUT2D eigenvalue weighted by Gasteiger charge is 2.01. The Kier molecular flexibility index (Phi) is 4.55. The molecule has 2 rings (SSSR count). The van der Waals surface area contributed by atoms with E-state index >= 15 is 0 Å². The van der Waals surface area contributed by atoms with Gasteiger partial charge in [-0.2, -0.15) is 0 Å². The molecular weight excluding hydrogens is 238 g/mol. The number of benzene rings is 2. The number of hydrogen-bond acceptors (Lipinski definition) is 3. The molecule has 3 heteroatoms. The zero-order valence-electron chi connectivity index (χ0n) is 11.1. The SMILES string of the molecule is Cc1ccc(O)c(CNCc2ccc(CO)cc2)c1. The maximum atomic E-state index is 9.73. The van der Waals surface area contributed by atoms with Crippen molar-refractivity contribution in [1.82, 2.24) is 5.32 Å². The second-order valence-electron chi connectivity index (χ2n) is 4.71. The van der Waals surface area contributed by atoms with Gasteiger partial charge in [-0.25, -0.2) is 0 Å². The zero-order valence-corrected chi connectivity index (χ0v) is 11.1. The van der Waals surface area contributed by atoms with Gasteiger partial charge in [0, 0.05) is 18.7 Å². The van der Waals surface area contributed by atoms with E-state index in [9.17, 15) is 5.11 Å². The Hall–Kier alpha value is -1.84. The molecule has 0 aliphatic heterocycles. The van der Waals surface area contributed by atoms with E-state index < -0.39 is 0 Å². The summed E-state index contributed by atoms with van der Waals surface area (Å²) in [5.74, 6) is 0.328. The number of phenolic OH excluding ortho intramolecular Hbond substituents is 1. The second kappa shape index (κ2) is 6.36. The first kappa shape index (κ1) is 13.6. The van der Waals surface area contributed by atoms with E-state index in [1.165, 1.54) is 0 Å². The average Bonchev–Trinajstić information content (AvgIpc) is 2.43. The van der Waals surface area contributed by atoms with E-state index in [2.05, 4.69) is 5.32 Å². The molecule has 3 nitrogen and oxygen atoms in total.